The van der Waals surface area contributed by atoms with Crippen LogP contribution in [0.5, 0.6) is 0 Å². The van der Waals surface area contributed by atoms with Crippen LogP contribution in [-0.4, -0.2) is 5.91 Å². The fourth-order valence-electron chi connectivity index (χ4n) is 2.21. The molecule has 0 saturated heterocycles. The van der Waals surface area contributed by atoms with Crippen molar-refractivity contribution in [1.29, 1.82) is 0 Å². The maximum atomic E-state index is 13.5. The second-order valence-electron chi connectivity index (χ2n) is 4.96. The molecule has 1 aromatic heterocycles. The van der Waals surface area contributed by atoms with Gasteiger partial charge in [-0.1, -0.05) is 18.2 Å². The minimum absolute atomic E-state index is 0.279. The Bertz CT molecular complexity index is 810. The number of benzene rings is 2. The molecule has 22 heavy (non-hydrogen) atoms. The van der Waals surface area contributed by atoms with Crippen molar-refractivity contribution in [3.63, 3.8) is 0 Å². The first-order valence-corrected chi connectivity index (χ1v) is 6.84. The summed E-state index contributed by atoms with van der Waals surface area (Å²) in [5.41, 5.74) is 3.18. The Morgan fingerprint density at radius 2 is 1.91 bits per heavy atom. The zero-order chi connectivity index (χ0) is 15.5. The number of rotatable bonds is 3. The molecule has 0 aliphatic rings. The van der Waals surface area contributed by atoms with Crippen LogP contribution in [0.2, 0.25) is 0 Å². The second-order valence-corrected chi connectivity index (χ2v) is 4.96. The topological polar surface area (TPSA) is 42.2 Å². The number of nitrogens with one attached hydrogen (secondary N) is 1. The molecule has 2 aromatic carbocycles. The third kappa shape index (κ3) is 2.76. The van der Waals surface area contributed by atoms with Crippen LogP contribution >= 0.6 is 0 Å². The summed E-state index contributed by atoms with van der Waals surface area (Å²) >= 11 is 0. The van der Waals surface area contributed by atoms with Crippen LogP contribution in [0.4, 0.5) is 10.1 Å². The first-order chi connectivity index (χ1) is 10.6. The van der Waals surface area contributed by atoms with Crippen LogP contribution in [0, 0.1) is 12.7 Å². The van der Waals surface area contributed by atoms with Crippen molar-refractivity contribution in [2.75, 3.05) is 5.32 Å². The monoisotopic (exact) mass is 295 g/mol. The van der Waals surface area contributed by atoms with E-state index < -0.39 is 0 Å². The van der Waals surface area contributed by atoms with Gasteiger partial charge in [-0.05, 0) is 42.8 Å². The lowest BCUT2D eigenvalue weighted by Gasteiger charge is -2.09. The van der Waals surface area contributed by atoms with E-state index in [1.807, 2.05) is 12.1 Å². The van der Waals surface area contributed by atoms with Gasteiger partial charge in [0.05, 0.1) is 12.5 Å². The van der Waals surface area contributed by atoms with E-state index in [0.29, 0.717) is 16.8 Å². The highest BCUT2D eigenvalue weighted by molar-refractivity contribution is 6.05. The van der Waals surface area contributed by atoms with Crippen LogP contribution in [0.1, 0.15) is 15.9 Å². The quantitative estimate of drug-likeness (QED) is 0.764. The number of anilines is 1. The Hall–Kier alpha value is -2.88. The molecule has 0 saturated carbocycles. The lowest BCUT2D eigenvalue weighted by Crippen LogP contribution is -2.13. The molecular weight excluding hydrogens is 281 g/mol. The fraction of sp³-hybridized carbons (Fsp3) is 0.0556. The molecule has 0 unspecified atom stereocenters. The van der Waals surface area contributed by atoms with Crippen molar-refractivity contribution in [3.05, 3.63) is 78.0 Å². The van der Waals surface area contributed by atoms with Crippen molar-refractivity contribution >= 4 is 11.6 Å². The Labute approximate surface area is 127 Å². The van der Waals surface area contributed by atoms with Crippen molar-refractivity contribution in [3.8, 4) is 11.1 Å². The van der Waals surface area contributed by atoms with Gasteiger partial charge in [-0.25, -0.2) is 4.39 Å². The molecule has 1 heterocycles. The highest BCUT2D eigenvalue weighted by Crippen LogP contribution is 2.22. The lowest BCUT2D eigenvalue weighted by atomic mass is 10.1. The Balaban J connectivity index is 1.87. The average Bonchev–Trinajstić information content (AvgIpc) is 3.06. The predicted octanol–water partition coefficient (Wildman–Crippen LogP) is 4.65. The number of halogens is 1. The van der Waals surface area contributed by atoms with Gasteiger partial charge in [0.15, 0.2) is 0 Å². The van der Waals surface area contributed by atoms with Gasteiger partial charge in [-0.2, -0.15) is 0 Å². The Kier molecular flexibility index (Phi) is 3.74. The standard InChI is InChI=1S/C18H14FNO2/c1-12-16(19)6-3-7-17(12)20-18(21)14-5-2-4-13(10-14)15-8-9-22-11-15/h2-11H,1H3,(H,20,21). The first-order valence-electron chi connectivity index (χ1n) is 6.84. The molecule has 0 aliphatic carbocycles. The molecule has 0 aliphatic heterocycles. The molecule has 110 valence electrons. The van der Waals surface area contributed by atoms with E-state index in [9.17, 15) is 9.18 Å². The van der Waals surface area contributed by atoms with E-state index in [-0.39, 0.29) is 11.7 Å². The zero-order valence-electron chi connectivity index (χ0n) is 12.0. The molecule has 0 bridgehead atoms. The van der Waals surface area contributed by atoms with Crippen molar-refractivity contribution in [1.82, 2.24) is 0 Å². The van der Waals surface area contributed by atoms with Crippen LogP contribution < -0.4 is 5.32 Å². The van der Waals surface area contributed by atoms with Gasteiger partial charge in [-0.15, -0.1) is 0 Å². The van der Waals surface area contributed by atoms with Gasteiger partial charge >= 0.3 is 0 Å². The maximum absolute atomic E-state index is 13.5. The molecule has 3 nitrogen and oxygen atoms in total. The van der Waals surface area contributed by atoms with Crippen LogP contribution in [0.25, 0.3) is 11.1 Å². The van der Waals surface area contributed by atoms with E-state index in [0.717, 1.165) is 11.1 Å². The van der Waals surface area contributed by atoms with Gasteiger partial charge < -0.3 is 9.73 Å². The highest BCUT2D eigenvalue weighted by atomic mass is 19.1. The molecule has 0 fully saturated rings. The summed E-state index contributed by atoms with van der Waals surface area (Å²) in [6.45, 7) is 1.63. The summed E-state index contributed by atoms with van der Waals surface area (Å²) in [6, 6.07) is 13.6. The maximum Gasteiger partial charge on any atom is 0.255 e. The molecule has 4 heteroatoms. The van der Waals surface area contributed by atoms with E-state index in [2.05, 4.69) is 5.32 Å². The minimum atomic E-state index is -0.343. The average molecular weight is 295 g/mol. The van der Waals surface area contributed by atoms with E-state index >= 15 is 0 Å². The summed E-state index contributed by atoms with van der Waals surface area (Å²) in [6.07, 6.45) is 3.20. The van der Waals surface area contributed by atoms with Crippen LogP contribution in [0.15, 0.2) is 65.5 Å². The van der Waals surface area contributed by atoms with Crippen molar-refractivity contribution in [2.24, 2.45) is 0 Å². The number of carbonyl (C=O) groups is 1. The SMILES string of the molecule is Cc1c(F)cccc1NC(=O)c1cccc(-c2ccoc2)c1. The number of hydrogen-bond donors (Lipinski definition) is 1. The molecule has 1 N–H and O–H groups in total. The Morgan fingerprint density at radius 1 is 1.09 bits per heavy atom. The number of carbonyl (C=O) groups excluding carboxylic acids is 1. The molecule has 3 aromatic rings. The minimum Gasteiger partial charge on any atom is -0.472 e. The molecule has 1 amide bonds. The van der Waals surface area contributed by atoms with Crippen molar-refractivity contribution in [2.45, 2.75) is 6.92 Å². The summed E-state index contributed by atoms with van der Waals surface area (Å²) in [5, 5.41) is 2.74. The summed E-state index contributed by atoms with van der Waals surface area (Å²) in [4.78, 5) is 12.3. The number of amides is 1. The number of furan rings is 1. The summed E-state index contributed by atoms with van der Waals surface area (Å²) in [7, 11) is 0. The van der Waals surface area contributed by atoms with E-state index in [1.54, 1.807) is 49.8 Å². The van der Waals surface area contributed by atoms with Gasteiger partial charge in [0, 0.05) is 22.4 Å². The fourth-order valence-corrected chi connectivity index (χ4v) is 2.21. The van der Waals surface area contributed by atoms with Gasteiger partial charge in [0.25, 0.3) is 5.91 Å². The highest BCUT2D eigenvalue weighted by Gasteiger charge is 2.11. The number of hydrogen-bond acceptors (Lipinski definition) is 2. The predicted molar refractivity (Wildman–Crippen MR) is 83.2 cm³/mol. The van der Waals surface area contributed by atoms with Gasteiger partial charge in [0.1, 0.15) is 5.82 Å². The van der Waals surface area contributed by atoms with E-state index in [4.69, 9.17) is 4.42 Å². The molecule has 3 rings (SSSR count). The normalized spacial score (nSPS) is 10.5. The zero-order valence-corrected chi connectivity index (χ0v) is 12.0. The summed E-state index contributed by atoms with van der Waals surface area (Å²) in [5.74, 6) is -0.621. The van der Waals surface area contributed by atoms with Crippen molar-refractivity contribution < 1.29 is 13.6 Å². The first kappa shape index (κ1) is 14.1. The van der Waals surface area contributed by atoms with Crippen LogP contribution in [0.3, 0.4) is 0 Å². The third-order valence-electron chi connectivity index (χ3n) is 3.50. The van der Waals surface area contributed by atoms with E-state index in [1.165, 1.54) is 6.07 Å². The Morgan fingerprint density at radius 3 is 2.68 bits per heavy atom. The molecular formula is C18H14FNO2. The smallest absolute Gasteiger partial charge is 0.255 e. The lowest BCUT2D eigenvalue weighted by molar-refractivity contribution is 0.102. The largest absolute Gasteiger partial charge is 0.472 e. The summed E-state index contributed by atoms with van der Waals surface area (Å²) < 4.78 is 18.6. The molecule has 0 radical (unpaired) electrons. The van der Waals surface area contributed by atoms with Gasteiger partial charge in [-0.3, -0.25) is 4.79 Å². The molecule has 0 spiro atoms. The molecule has 0 atom stereocenters. The van der Waals surface area contributed by atoms with Crippen LogP contribution in [-0.2, 0) is 0 Å². The second kappa shape index (κ2) is 5.85. The van der Waals surface area contributed by atoms with Gasteiger partial charge in [0.2, 0.25) is 0 Å². The third-order valence-corrected chi connectivity index (χ3v) is 3.50.